The number of carbonyl (C=O) groups excluding carboxylic acids is 1. The molecule has 2 aromatic rings. The van der Waals surface area contributed by atoms with Gasteiger partial charge in [0.25, 0.3) is 5.91 Å². The number of amides is 1. The number of carbonyl (C=O) groups is 1. The van der Waals surface area contributed by atoms with Crippen LogP contribution in [-0.2, 0) is 6.54 Å². The maximum atomic E-state index is 12.8. The van der Waals surface area contributed by atoms with Gasteiger partial charge in [-0.1, -0.05) is 32.3 Å². The molecule has 6 nitrogen and oxygen atoms in total. The van der Waals surface area contributed by atoms with Crippen LogP contribution in [0, 0.1) is 0 Å². The van der Waals surface area contributed by atoms with Gasteiger partial charge in [0.2, 0.25) is 0 Å². The summed E-state index contributed by atoms with van der Waals surface area (Å²) in [6, 6.07) is 1.78. The van der Waals surface area contributed by atoms with Crippen molar-refractivity contribution in [2.24, 2.45) is 0 Å². The number of aromatic nitrogens is 3. The maximum Gasteiger partial charge on any atom is 0.276 e. The molecule has 0 N–H and O–H groups in total. The Morgan fingerprint density at radius 3 is 3.00 bits per heavy atom. The highest BCUT2D eigenvalue weighted by molar-refractivity contribution is 5.92. The van der Waals surface area contributed by atoms with Crippen LogP contribution >= 0.6 is 0 Å². The minimum atomic E-state index is -0.0352. The summed E-state index contributed by atoms with van der Waals surface area (Å²) in [7, 11) is 0. The van der Waals surface area contributed by atoms with Gasteiger partial charge in [0.05, 0.1) is 0 Å². The summed E-state index contributed by atoms with van der Waals surface area (Å²) in [5.74, 6) is 2.35. The van der Waals surface area contributed by atoms with Gasteiger partial charge in [-0.05, 0) is 19.3 Å². The van der Waals surface area contributed by atoms with E-state index in [9.17, 15) is 4.79 Å². The lowest BCUT2D eigenvalue weighted by Crippen LogP contribution is -2.40. The summed E-state index contributed by atoms with van der Waals surface area (Å²) in [6.07, 6.45) is 8.30. The molecule has 1 amide bonds. The van der Waals surface area contributed by atoms with Crippen molar-refractivity contribution in [3.8, 4) is 0 Å². The molecule has 0 saturated carbocycles. The lowest BCUT2D eigenvalue weighted by molar-refractivity contribution is 0.0692. The molecule has 0 radical (unpaired) electrons. The SMILES string of the molecule is CCCCn1ccnc1[C@H]1CCCN(C(=O)c2cc(C(C)C)on2)C1. The molecule has 25 heavy (non-hydrogen) atoms. The first-order valence-electron chi connectivity index (χ1n) is 9.37. The normalized spacial score (nSPS) is 18.1. The summed E-state index contributed by atoms with van der Waals surface area (Å²) >= 11 is 0. The van der Waals surface area contributed by atoms with Crippen LogP contribution in [0.1, 0.15) is 80.4 Å². The third kappa shape index (κ3) is 3.94. The van der Waals surface area contributed by atoms with Gasteiger partial charge >= 0.3 is 0 Å². The van der Waals surface area contributed by atoms with Gasteiger partial charge in [-0.25, -0.2) is 4.98 Å². The van der Waals surface area contributed by atoms with Crippen molar-refractivity contribution >= 4 is 5.91 Å². The fourth-order valence-electron chi connectivity index (χ4n) is 3.39. The second-order valence-corrected chi connectivity index (χ2v) is 7.19. The molecule has 1 aliphatic heterocycles. The second kappa shape index (κ2) is 7.85. The monoisotopic (exact) mass is 344 g/mol. The number of hydrogen-bond acceptors (Lipinski definition) is 4. The Kier molecular flexibility index (Phi) is 5.56. The van der Waals surface area contributed by atoms with Crippen molar-refractivity contribution in [2.45, 2.75) is 64.8 Å². The van der Waals surface area contributed by atoms with Gasteiger partial charge in [0.1, 0.15) is 11.6 Å². The number of aryl methyl sites for hydroxylation is 1. The topological polar surface area (TPSA) is 64.2 Å². The third-order valence-corrected chi connectivity index (χ3v) is 4.89. The van der Waals surface area contributed by atoms with Crippen molar-refractivity contribution in [2.75, 3.05) is 13.1 Å². The van der Waals surface area contributed by atoms with Crippen molar-refractivity contribution in [3.63, 3.8) is 0 Å². The average molecular weight is 344 g/mol. The molecule has 1 atom stereocenters. The Morgan fingerprint density at radius 1 is 1.44 bits per heavy atom. The maximum absolute atomic E-state index is 12.8. The summed E-state index contributed by atoms with van der Waals surface area (Å²) in [6.45, 7) is 8.72. The van der Waals surface area contributed by atoms with Crippen LogP contribution in [0.2, 0.25) is 0 Å². The van der Waals surface area contributed by atoms with Crippen LogP contribution in [0.3, 0.4) is 0 Å². The minimum absolute atomic E-state index is 0.0352. The van der Waals surface area contributed by atoms with E-state index in [1.54, 1.807) is 6.07 Å². The zero-order chi connectivity index (χ0) is 17.8. The predicted molar refractivity (Wildman–Crippen MR) is 95.6 cm³/mol. The largest absolute Gasteiger partial charge is 0.360 e. The van der Waals surface area contributed by atoms with Gasteiger partial charge in [-0.2, -0.15) is 0 Å². The van der Waals surface area contributed by atoms with Gasteiger partial charge < -0.3 is 14.0 Å². The predicted octanol–water partition coefficient (Wildman–Crippen LogP) is 3.81. The van der Waals surface area contributed by atoms with E-state index in [0.717, 1.165) is 50.4 Å². The van der Waals surface area contributed by atoms with E-state index in [-0.39, 0.29) is 11.8 Å². The van der Waals surface area contributed by atoms with E-state index in [1.807, 2.05) is 24.9 Å². The van der Waals surface area contributed by atoms with Crippen LogP contribution in [0.5, 0.6) is 0 Å². The van der Waals surface area contributed by atoms with Crippen LogP contribution in [-0.4, -0.2) is 38.6 Å². The highest BCUT2D eigenvalue weighted by atomic mass is 16.5. The molecule has 0 aliphatic carbocycles. The molecule has 3 rings (SSSR count). The highest BCUT2D eigenvalue weighted by Gasteiger charge is 2.29. The van der Waals surface area contributed by atoms with E-state index < -0.39 is 0 Å². The van der Waals surface area contributed by atoms with E-state index in [1.165, 1.54) is 0 Å². The molecule has 1 fully saturated rings. The van der Waals surface area contributed by atoms with Gasteiger partial charge in [-0.15, -0.1) is 0 Å². The van der Waals surface area contributed by atoms with Crippen LogP contribution in [0.25, 0.3) is 0 Å². The highest BCUT2D eigenvalue weighted by Crippen LogP contribution is 2.27. The third-order valence-electron chi connectivity index (χ3n) is 4.89. The van der Waals surface area contributed by atoms with Crippen LogP contribution in [0.15, 0.2) is 23.0 Å². The standard InChI is InChI=1S/C19H28N4O2/c1-4-5-9-22-11-8-20-18(22)15-7-6-10-23(13-15)19(24)16-12-17(14(2)3)25-21-16/h8,11-12,14-15H,4-7,9-10,13H2,1-3H3/t15-/m0/s1. The summed E-state index contributed by atoms with van der Waals surface area (Å²) in [4.78, 5) is 19.3. The first-order valence-corrected chi connectivity index (χ1v) is 9.37. The van der Waals surface area contributed by atoms with Gasteiger partial charge in [0, 0.05) is 49.9 Å². The van der Waals surface area contributed by atoms with E-state index >= 15 is 0 Å². The molecule has 0 spiro atoms. The first-order chi connectivity index (χ1) is 12.1. The number of unbranched alkanes of at least 4 members (excludes halogenated alkanes) is 1. The molecule has 1 aliphatic rings. The molecule has 0 aromatic carbocycles. The summed E-state index contributed by atoms with van der Waals surface area (Å²) in [5, 5.41) is 3.97. The number of imidazole rings is 1. The zero-order valence-corrected chi connectivity index (χ0v) is 15.4. The smallest absolute Gasteiger partial charge is 0.276 e. The molecule has 136 valence electrons. The van der Waals surface area contributed by atoms with Crippen molar-refractivity contribution in [1.82, 2.24) is 19.6 Å². The lowest BCUT2D eigenvalue weighted by Gasteiger charge is -2.32. The average Bonchev–Trinajstić information content (AvgIpc) is 3.28. The Bertz CT molecular complexity index is 704. The fourth-order valence-corrected chi connectivity index (χ4v) is 3.39. The molecule has 3 heterocycles. The minimum Gasteiger partial charge on any atom is -0.360 e. The van der Waals surface area contributed by atoms with Crippen LogP contribution in [0.4, 0.5) is 0 Å². The van der Waals surface area contributed by atoms with Gasteiger partial charge in [0.15, 0.2) is 5.69 Å². The molecule has 1 saturated heterocycles. The van der Waals surface area contributed by atoms with Crippen molar-refractivity contribution < 1.29 is 9.32 Å². The summed E-state index contributed by atoms with van der Waals surface area (Å²) in [5.41, 5.74) is 0.415. The lowest BCUT2D eigenvalue weighted by atomic mass is 9.96. The molecule has 0 bridgehead atoms. The molecule has 0 unspecified atom stereocenters. The fraction of sp³-hybridized carbons (Fsp3) is 0.632. The summed E-state index contributed by atoms with van der Waals surface area (Å²) < 4.78 is 7.53. The Hall–Kier alpha value is -2.11. The number of rotatable bonds is 6. The van der Waals surface area contributed by atoms with Crippen molar-refractivity contribution in [3.05, 3.63) is 35.7 Å². The number of nitrogens with zero attached hydrogens (tertiary/aromatic N) is 4. The van der Waals surface area contributed by atoms with Crippen LogP contribution < -0.4 is 0 Å². The van der Waals surface area contributed by atoms with Crippen molar-refractivity contribution in [1.29, 1.82) is 0 Å². The van der Waals surface area contributed by atoms with Gasteiger partial charge in [-0.3, -0.25) is 4.79 Å². The zero-order valence-electron chi connectivity index (χ0n) is 15.4. The Balaban J connectivity index is 1.70. The Morgan fingerprint density at radius 2 is 2.28 bits per heavy atom. The van der Waals surface area contributed by atoms with E-state index in [4.69, 9.17) is 4.52 Å². The Labute approximate surface area is 149 Å². The number of piperidine rings is 1. The second-order valence-electron chi connectivity index (χ2n) is 7.19. The first kappa shape index (κ1) is 17.7. The number of hydrogen-bond donors (Lipinski definition) is 0. The van der Waals surface area contributed by atoms with E-state index in [2.05, 4.69) is 27.8 Å². The number of likely N-dealkylation sites (tertiary alicyclic amines) is 1. The molecule has 2 aromatic heterocycles. The molecule has 6 heteroatoms. The van der Waals surface area contributed by atoms with E-state index in [0.29, 0.717) is 18.2 Å². The molecular formula is C19H28N4O2. The molecular weight excluding hydrogens is 316 g/mol. The quantitative estimate of drug-likeness (QED) is 0.799.